The van der Waals surface area contributed by atoms with E-state index in [1.165, 1.54) is 44.2 Å². The molecule has 5 rings (SSSR count). The van der Waals surface area contributed by atoms with Crippen molar-refractivity contribution in [3.63, 3.8) is 0 Å². The summed E-state index contributed by atoms with van der Waals surface area (Å²) in [4.78, 5) is 24.4. The highest BCUT2D eigenvalue weighted by atomic mass is 19.1. The second kappa shape index (κ2) is 7.23. The summed E-state index contributed by atoms with van der Waals surface area (Å²) in [6, 6.07) is 5.83. The Balaban J connectivity index is 1.32. The summed E-state index contributed by atoms with van der Waals surface area (Å²) < 4.78 is 18.9. The first-order chi connectivity index (χ1) is 13.0. The standard InChI is InChI=1S/C21H27FN2O3/c1-27-21(16-7-14-6-15(9-16)10-17(21)8-14)12-24-20(26)19(25)23-11-13-2-4-18(22)5-3-13/h2-5,14-17H,6-12H2,1H3,(H,23,25)(H,24,26). The number of rotatable bonds is 5. The molecule has 6 heteroatoms. The van der Waals surface area contributed by atoms with Crippen LogP contribution in [-0.4, -0.2) is 31.1 Å². The molecule has 0 aliphatic heterocycles. The number of ether oxygens (including phenoxy) is 1. The largest absolute Gasteiger partial charge is 0.376 e. The maximum atomic E-state index is 12.9. The molecule has 4 fully saturated rings. The molecular weight excluding hydrogens is 347 g/mol. The Morgan fingerprint density at radius 2 is 1.56 bits per heavy atom. The molecule has 0 saturated heterocycles. The van der Waals surface area contributed by atoms with Gasteiger partial charge >= 0.3 is 11.8 Å². The smallest absolute Gasteiger partial charge is 0.309 e. The molecule has 27 heavy (non-hydrogen) atoms. The topological polar surface area (TPSA) is 67.4 Å². The fourth-order valence-electron chi connectivity index (χ4n) is 5.84. The van der Waals surface area contributed by atoms with Crippen molar-refractivity contribution < 1.29 is 18.7 Å². The Kier molecular flexibility index (Phi) is 4.93. The lowest BCUT2D eigenvalue weighted by Crippen LogP contribution is -2.63. The van der Waals surface area contributed by atoms with Gasteiger partial charge in [-0.3, -0.25) is 9.59 Å². The van der Waals surface area contributed by atoms with Crippen molar-refractivity contribution >= 4 is 11.8 Å². The molecule has 0 spiro atoms. The Hall–Kier alpha value is -1.95. The number of methoxy groups -OCH3 is 1. The predicted octanol–water partition coefficient (Wildman–Crippen LogP) is 2.40. The van der Waals surface area contributed by atoms with E-state index in [9.17, 15) is 14.0 Å². The minimum Gasteiger partial charge on any atom is -0.376 e. The van der Waals surface area contributed by atoms with Crippen molar-refractivity contribution in [1.82, 2.24) is 10.6 Å². The number of hydrogen-bond donors (Lipinski definition) is 2. The first-order valence-electron chi connectivity index (χ1n) is 9.86. The number of carbonyl (C=O) groups is 2. The molecule has 146 valence electrons. The number of nitrogens with one attached hydrogen (secondary N) is 2. The first kappa shape index (κ1) is 18.4. The quantitative estimate of drug-likeness (QED) is 0.778. The zero-order chi connectivity index (χ0) is 19.0. The van der Waals surface area contributed by atoms with E-state index >= 15 is 0 Å². The van der Waals surface area contributed by atoms with E-state index in [-0.39, 0.29) is 18.0 Å². The number of amides is 2. The van der Waals surface area contributed by atoms with E-state index in [2.05, 4.69) is 10.6 Å². The third-order valence-electron chi connectivity index (χ3n) is 7.00. The average molecular weight is 374 g/mol. The zero-order valence-corrected chi connectivity index (χ0v) is 15.7. The Bertz CT molecular complexity index is 691. The molecule has 2 amide bonds. The van der Waals surface area contributed by atoms with Crippen molar-refractivity contribution in [1.29, 1.82) is 0 Å². The highest BCUT2D eigenvalue weighted by Crippen LogP contribution is 2.59. The van der Waals surface area contributed by atoms with Gasteiger partial charge in [-0.2, -0.15) is 0 Å². The van der Waals surface area contributed by atoms with Gasteiger partial charge < -0.3 is 15.4 Å². The van der Waals surface area contributed by atoms with Crippen LogP contribution in [-0.2, 0) is 20.9 Å². The molecule has 4 bridgehead atoms. The van der Waals surface area contributed by atoms with Crippen LogP contribution in [0.15, 0.2) is 24.3 Å². The lowest BCUT2D eigenvalue weighted by Gasteiger charge is -2.60. The molecule has 4 saturated carbocycles. The van der Waals surface area contributed by atoms with Gasteiger partial charge in [-0.15, -0.1) is 0 Å². The second-order valence-corrected chi connectivity index (χ2v) is 8.46. The van der Waals surface area contributed by atoms with Crippen LogP contribution in [0.5, 0.6) is 0 Å². The minimum absolute atomic E-state index is 0.191. The lowest BCUT2D eigenvalue weighted by atomic mass is 9.49. The van der Waals surface area contributed by atoms with E-state index in [1.54, 1.807) is 19.2 Å². The summed E-state index contributed by atoms with van der Waals surface area (Å²) in [5, 5.41) is 5.40. The average Bonchev–Trinajstić information content (AvgIpc) is 2.66. The van der Waals surface area contributed by atoms with Gasteiger partial charge in [0, 0.05) is 20.2 Å². The highest BCUT2D eigenvalue weighted by Gasteiger charge is 2.57. The molecule has 4 aliphatic rings. The summed E-state index contributed by atoms with van der Waals surface area (Å²) in [6.45, 7) is 0.581. The van der Waals surface area contributed by atoms with Gasteiger partial charge in [-0.1, -0.05) is 12.1 Å². The molecule has 4 aliphatic carbocycles. The summed E-state index contributed by atoms with van der Waals surface area (Å²) >= 11 is 0. The van der Waals surface area contributed by atoms with Crippen LogP contribution in [0.4, 0.5) is 4.39 Å². The van der Waals surface area contributed by atoms with Crippen molar-refractivity contribution in [3.05, 3.63) is 35.6 Å². The number of benzene rings is 1. The van der Waals surface area contributed by atoms with Crippen LogP contribution < -0.4 is 10.6 Å². The summed E-state index contributed by atoms with van der Waals surface area (Å²) in [6.07, 6.45) is 6.05. The molecule has 0 heterocycles. The third-order valence-corrected chi connectivity index (χ3v) is 7.00. The number of halogens is 1. The Labute approximate surface area is 159 Å². The molecule has 0 unspecified atom stereocenters. The normalized spacial score (nSPS) is 33.7. The molecular formula is C21H27FN2O3. The molecule has 2 N–H and O–H groups in total. The van der Waals surface area contributed by atoms with E-state index in [1.807, 2.05) is 0 Å². The van der Waals surface area contributed by atoms with Crippen LogP contribution in [0.25, 0.3) is 0 Å². The Morgan fingerprint density at radius 3 is 2.11 bits per heavy atom. The van der Waals surface area contributed by atoms with Crippen LogP contribution >= 0.6 is 0 Å². The fourth-order valence-corrected chi connectivity index (χ4v) is 5.84. The van der Waals surface area contributed by atoms with Crippen LogP contribution in [0.3, 0.4) is 0 Å². The van der Waals surface area contributed by atoms with Gasteiger partial charge in [-0.25, -0.2) is 4.39 Å². The summed E-state index contributed by atoms with van der Waals surface area (Å²) in [5.41, 5.74) is 0.410. The fraction of sp³-hybridized carbons (Fsp3) is 0.619. The molecule has 1 aromatic rings. The van der Waals surface area contributed by atoms with Crippen LogP contribution in [0.1, 0.15) is 37.7 Å². The highest BCUT2D eigenvalue weighted by molar-refractivity contribution is 6.35. The maximum absolute atomic E-state index is 12.9. The predicted molar refractivity (Wildman–Crippen MR) is 98.0 cm³/mol. The minimum atomic E-state index is -0.672. The van der Waals surface area contributed by atoms with Crippen molar-refractivity contribution in [3.8, 4) is 0 Å². The molecule has 0 atom stereocenters. The van der Waals surface area contributed by atoms with E-state index < -0.39 is 11.8 Å². The van der Waals surface area contributed by atoms with E-state index in [0.29, 0.717) is 18.4 Å². The molecule has 1 aromatic carbocycles. The number of carbonyl (C=O) groups excluding carboxylic acids is 2. The second-order valence-electron chi connectivity index (χ2n) is 8.46. The third kappa shape index (κ3) is 3.47. The van der Waals surface area contributed by atoms with Crippen LogP contribution in [0, 0.1) is 29.5 Å². The van der Waals surface area contributed by atoms with E-state index in [4.69, 9.17) is 4.74 Å². The van der Waals surface area contributed by atoms with Gasteiger partial charge in [0.1, 0.15) is 5.82 Å². The summed E-state index contributed by atoms with van der Waals surface area (Å²) in [5.74, 6) is 0.929. The molecule has 0 radical (unpaired) electrons. The Morgan fingerprint density at radius 1 is 1.00 bits per heavy atom. The van der Waals surface area contributed by atoms with Crippen molar-refractivity contribution in [2.24, 2.45) is 23.7 Å². The maximum Gasteiger partial charge on any atom is 0.309 e. The van der Waals surface area contributed by atoms with Crippen molar-refractivity contribution in [2.75, 3.05) is 13.7 Å². The zero-order valence-electron chi connectivity index (χ0n) is 15.7. The van der Waals surface area contributed by atoms with Gasteiger partial charge in [-0.05, 0) is 73.5 Å². The van der Waals surface area contributed by atoms with Gasteiger partial charge in [0.2, 0.25) is 0 Å². The van der Waals surface area contributed by atoms with Gasteiger partial charge in [0.05, 0.1) is 5.60 Å². The SMILES string of the molecule is COC1(CNC(=O)C(=O)NCc2ccc(F)cc2)C2CC3CC(C2)CC1C3. The van der Waals surface area contributed by atoms with Crippen molar-refractivity contribution in [2.45, 2.75) is 44.2 Å². The van der Waals surface area contributed by atoms with Gasteiger partial charge in [0.15, 0.2) is 0 Å². The van der Waals surface area contributed by atoms with E-state index in [0.717, 1.165) is 17.4 Å². The molecule has 5 nitrogen and oxygen atoms in total. The summed E-state index contributed by atoms with van der Waals surface area (Å²) in [7, 11) is 1.74. The lowest BCUT2D eigenvalue weighted by molar-refractivity contribution is -0.188. The molecule has 0 aromatic heterocycles. The number of hydrogen-bond acceptors (Lipinski definition) is 3. The van der Waals surface area contributed by atoms with Crippen LogP contribution in [0.2, 0.25) is 0 Å². The first-order valence-corrected chi connectivity index (χ1v) is 9.86. The van der Waals surface area contributed by atoms with Gasteiger partial charge in [0.25, 0.3) is 0 Å². The monoisotopic (exact) mass is 374 g/mol.